The van der Waals surface area contributed by atoms with Gasteiger partial charge in [-0.3, -0.25) is 9.79 Å². The summed E-state index contributed by atoms with van der Waals surface area (Å²) in [6, 6.07) is 4.82. The molecule has 9 heteroatoms. The highest BCUT2D eigenvalue weighted by Gasteiger charge is 2.24. The van der Waals surface area contributed by atoms with E-state index >= 15 is 0 Å². The van der Waals surface area contributed by atoms with E-state index in [1.807, 2.05) is 6.92 Å². The van der Waals surface area contributed by atoms with Crippen LogP contribution in [-0.2, 0) is 9.47 Å². The molecule has 2 N–H and O–H groups in total. The number of amides is 1. The summed E-state index contributed by atoms with van der Waals surface area (Å²) in [6.45, 7) is 7.59. The second-order valence-corrected chi connectivity index (χ2v) is 7.60. The van der Waals surface area contributed by atoms with E-state index in [4.69, 9.17) is 32.7 Å². The largest absolute Gasteiger partial charge is 0.382 e. The van der Waals surface area contributed by atoms with Crippen molar-refractivity contribution in [2.45, 2.75) is 13.3 Å². The molecule has 1 fully saturated rings. The normalized spacial score (nSPS) is 16.9. The van der Waals surface area contributed by atoms with Gasteiger partial charge in [0.1, 0.15) is 0 Å². The first-order chi connectivity index (χ1) is 14.0. The molecule has 1 unspecified atom stereocenters. The van der Waals surface area contributed by atoms with Crippen molar-refractivity contribution in [3.8, 4) is 0 Å². The Morgan fingerprint density at radius 3 is 2.83 bits per heavy atom. The van der Waals surface area contributed by atoms with Crippen molar-refractivity contribution in [2.24, 2.45) is 10.9 Å². The van der Waals surface area contributed by atoms with E-state index in [9.17, 15) is 4.79 Å². The molecule has 0 saturated carbocycles. The summed E-state index contributed by atoms with van der Waals surface area (Å²) in [6.07, 6.45) is 1.07. The number of ether oxygens (including phenoxy) is 2. The van der Waals surface area contributed by atoms with Gasteiger partial charge in [0, 0.05) is 44.8 Å². The van der Waals surface area contributed by atoms with Crippen LogP contribution in [0.5, 0.6) is 0 Å². The molecular formula is C20H30Cl2N4O3. The Balaban J connectivity index is 1.78. The minimum atomic E-state index is -0.196. The monoisotopic (exact) mass is 444 g/mol. The number of nitrogens with zero attached hydrogens (tertiary/aromatic N) is 2. The molecule has 0 aromatic heterocycles. The lowest BCUT2D eigenvalue weighted by atomic mass is 10.1. The lowest BCUT2D eigenvalue weighted by Gasteiger charge is -2.21. The molecule has 0 bridgehead atoms. The third-order valence-corrected chi connectivity index (χ3v) is 5.29. The third kappa shape index (κ3) is 8.01. The highest BCUT2D eigenvalue weighted by Crippen LogP contribution is 2.22. The Morgan fingerprint density at radius 1 is 1.28 bits per heavy atom. The van der Waals surface area contributed by atoms with Crippen LogP contribution in [0.25, 0.3) is 0 Å². The lowest BCUT2D eigenvalue weighted by Crippen LogP contribution is -2.41. The second-order valence-electron chi connectivity index (χ2n) is 6.79. The van der Waals surface area contributed by atoms with E-state index in [0.29, 0.717) is 47.8 Å². The lowest BCUT2D eigenvalue weighted by molar-refractivity contribution is 0.0536. The molecule has 7 nitrogen and oxygen atoms in total. The van der Waals surface area contributed by atoms with Crippen LogP contribution in [0.1, 0.15) is 23.7 Å². The number of carbonyl (C=O) groups is 1. The standard InChI is InChI=1S/C20H30Cl2N4O3/c1-3-23-20(26-9-6-15(13-26)14-29-11-10-28-2)25-8-7-24-19(27)16-4-5-17(21)18(22)12-16/h4-5,12,15H,3,6-11,13-14H2,1-2H3,(H,23,25)(H,24,27). The SMILES string of the molecule is CCNC(=NCCNC(=O)c1ccc(Cl)c(Cl)c1)N1CCC(COCCOC)C1. The summed E-state index contributed by atoms with van der Waals surface area (Å²) < 4.78 is 10.7. The van der Waals surface area contributed by atoms with Crippen LogP contribution >= 0.6 is 23.2 Å². The van der Waals surface area contributed by atoms with Gasteiger partial charge in [-0.05, 0) is 31.5 Å². The Hall–Kier alpha value is -1.54. The summed E-state index contributed by atoms with van der Waals surface area (Å²) >= 11 is 11.8. The summed E-state index contributed by atoms with van der Waals surface area (Å²) in [4.78, 5) is 19.1. The fourth-order valence-electron chi connectivity index (χ4n) is 3.05. The van der Waals surface area contributed by atoms with E-state index < -0.39 is 0 Å². The first kappa shape index (κ1) is 23.7. The van der Waals surface area contributed by atoms with Gasteiger partial charge in [-0.25, -0.2) is 0 Å². The Kier molecular flexibility index (Phi) is 10.6. The van der Waals surface area contributed by atoms with Crippen molar-refractivity contribution < 1.29 is 14.3 Å². The zero-order valence-corrected chi connectivity index (χ0v) is 18.6. The van der Waals surface area contributed by atoms with Gasteiger partial charge in [0.15, 0.2) is 5.96 Å². The Morgan fingerprint density at radius 2 is 2.10 bits per heavy atom. The molecule has 162 valence electrons. The maximum atomic E-state index is 12.2. The van der Waals surface area contributed by atoms with Crippen LogP contribution in [-0.4, -0.2) is 76.4 Å². The number of hydrogen-bond acceptors (Lipinski definition) is 4. The van der Waals surface area contributed by atoms with Crippen molar-refractivity contribution >= 4 is 35.1 Å². The van der Waals surface area contributed by atoms with E-state index in [1.165, 1.54) is 0 Å². The van der Waals surface area contributed by atoms with Gasteiger partial charge >= 0.3 is 0 Å². The van der Waals surface area contributed by atoms with Gasteiger partial charge in [0.2, 0.25) is 0 Å². The molecule has 1 aromatic rings. The van der Waals surface area contributed by atoms with Crippen LogP contribution in [0.15, 0.2) is 23.2 Å². The summed E-state index contributed by atoms with van der Waals surface area (Å²) in [5.74, 6) is 1.17. The third-order valence-electron chi connectivity index (χ3n) is 4.55. The summed E-state index contributed by atoms with van der Waals surface area (Å²) in [7, 11) is 1.67. The first-order valence-electron chi connectivity index (χ1n) is 9.88. The highest BCUT2D eigenvalue weighted by molar-refractivity contribution is 6.42. The van der Waals surface area contributed by atoms with Gasteiger partial charge < -0.3 is 25.0 Å². The number of guanidine groups is 1. The topological polar surface area (TPSA) is 75.2 Å². The molecule has 1 aliphatic heterocycles. The number of halogens is 2. The summed E-state index contributed by atoms with van der Waals surface area (Å²) in [5.41, 5.74) is 0.478. The van der Waals surface area contributed by atoms with Gasteiger partial charge in [0.25, 0.3) is 5.91 Å². The molecule has 1 aliphatic rings. The molecule has 1 heterocycles. The average Bonchev–Trinajstić information content (AvgIpc) is 3.18. The number of carbonyl (C=O) groups excluding carboxylic acids is 1. The Labute approximate surface area is 182 Å². The number of rotatable bonds is 10. The first-order valence-corrected chi connectivity index (χ1v) is 10.6. The predicted octanol–water partition coefficient (Wildman–Crippen LogP) is 2.67. The van der Waals surface area contributed by atoms with E-state index in [1.54, 1.807) is 25.3 Å². The van der Waals surface area contributed by atoms with Crippen LogP contribution in [0, 0.1) is 5.92 Å². The van der Waals surface area contributed by atoms with Crippen LogP contribution < -0.4 is 10.6 Å². The number of methoxy groups -OCH3 is 1. The van der Waals surface area contributed by atoms with Crippen molar-refractivity contribution in [1.29, 1.82) is 0 Å². The molecular weight excluding hydrogens is 415 g/mol. The van der Waals surface area contributed by atoms with Crippen molar-refractivity contribution in [1.82, 2.24) is 15.5 Å². The van der Waals surface area contributed by atoms with Crippen molar-refractivity contribution in [3.63, 3.8) is 0 Å². The molecule has 0 aliphatic carbocycles. The number of nitrogens with one attached hydrogen (secondary N) is 2. The zero-order valence-electron chi connectivity index (χ0n) is 17.0. The number of likely N-dealkylation sites (tertiary alicyclic amines) is 1. The molecule has 2 rings (SSSR count). The Bertz CT molecular complexity index is 688. The fraction of sp³-hybridized carbons (Fsp3) is 0.600. The van der Waals surface area contributed by atoms with E-state index in [2.05, 4.69) is 20.5 Å². The minimum Gasteiger partial charge on any atom is -0.382 e. The van der Waals surface area contributed by atoms with E-state index in [-0.39, 0.29) is 5.91 Å². The number of benzene rings is 1. The van der Waals surface area contributed by atoms with Gasteiger partial charge in [-0.1, -0.05) is 23.2 Å². The quantitative estimate of drug-likeness (QED) is 0.329. The van der Waals surface area contributed by atoms with Crippen LogP contribution in [0.2, 0.25) is 10.0 Å². The molecule has 0 spiro atoms. The summed E-state index contributed by atoms with van der Waals surface area (Å²) in [5, 5.41) is 6.97. The fourth-order valence-corrected chi connectivity index (χ4v) is 3.35. The van der Waals surface area contributed by atoms with Crippen molar-refractivity contribution in [2.75, 3.05) is 59.7 Å². The zero-order chi connectivity index (χ0) is 21.1. The van der Waals surface area contributed by atoms with Crippen LogP contribution in [0.4, 0.5) is 0 Å². The van der Waals surface area contributed by atoms with Gasteiger partial charge in [-0.2, -0.15) is 0 Å². The van der Waals surface area contributed by atoms with Crippen LogP contribution in [0.3, 0.4) is 0 Å². The van der Waals surface area contributed by atoms with Gasteiger partial charge in [-0.15, -0.1) is 0 Å². The molecule has 1 aromatic carbocycles. The average molecular weight is 445 g/mol. The predicted molar refractivity (Wildman–Crippen MR) is 117 cm³/mol. The maximum absolute atomic E-state index is 12.2. The molecule has 0 radical (unpaired) electrons. The van der Waals surface area contributed by atoms with E-state index in [0.717, 1.165) is 38.6 Å². The molecule has 29 heavy (non-hydrogen) atoms. The van der Waals surface area contributed by atoms with Crippen molar-refractivity contribution in [3.05, 3.63) is 33.8 Å². The minimum absolute atomic E-state index is 0.196. The molecule has 1 atom stereocenters. The number of aliphatic imine (C=N–C) groups is 1. The number of hydrogen-bond donors (Lipinski definition) is 2. The smallest absolute Gasteiger partial charge is 0.251 e. The second kappa shape index (κ2) is 12.9. The molecule has 1 amide bonds. The van der Waals surface area contributed by atoms with Gasteiger partial charge in [0.05, 0.1) is 36.4 Å². The maximum Gasteiger partial charge on any atom is 0.251 e. The molecule has 1 saturated heterocycles. The highest BCUT2D eigenvalue weighted by atomic mass is 35.5.